The number of aromatic nitrogens is 1. The van der Waals surface area contributed by atoms with Crippen molar-refractivity contribution in [3.8, 4) is 0 Å². The van der Waals surface area contributed by atoms with Gasteiger partial charge in [-0.2, -0.15) is 0 Å². The monoisotopic (exact) mass is 474 g/mol. The molecule has 0 spiro atoms. The van der Waals surface area contributed by atoms with Gasteiger partial charge in [-0.1, -0.05) is 19.1 Å². The molecule has 7 heteroatoms. The zero-order chi connectivity index (χ0) is 21.8. The van der Waals surface area contributed by atoms with Crippen LogP contribution < -0.4 is 10.6 Å². The van der Waals surface area contributed by atoms with Gasteiger partial charge in [0.25, 0.3) is 0 Å². The second-order valence-corrected chi connectivity index (χ2v) is 8.31. The third-order valence-corrected chi connectivity index (χ3v) is 6.51. The predicted molar refractivity (Wildman–Crippen MR) is 125 cm³/mol. The number of rotatable bonds is 8. The molecule has 0 aliphatic carbocycles. The summed E-state index contributed by atoms with van der Waals surface area (Å²) in [6, 6.07) is 6.03. The number of hydrogen-bond acceptors (Lipinski definition) is 4. The topological polar surface area (TPSA) is 66.4 Å². The molecule has 0 radical (unpaired) electrons. The minimum absolute atomic E-state index is 0.0926. The van der Waals surface area contributed by atoms with Crippen LogP contribution >= 0.6 is 15.9 Å². The molecule has 1 atom stereocenters. The Labute approximate surface area is 186 Å². The number of hydrogen-bond donors (Lipinski definition) is 2. The molecule has 162 valence electrons. The normalized spacial score (nSPS) is 15.3. The molecular weight excluding hydrogens is 444 g/mol. The van der Waals surface area contributed by atoms with E-state index < -0.39 is 0 Å². The third kappa shape index (κ3) is 4.05. The summed E-state index contributed by atoms with van der Waals surface area (Å²) < 4.78 is 2.61. The standard InChI is InChI=1S/C23H31BrN4O2/c1-5-9-20(29)28-19-11-8-10-16-18(26-14-17(21(16)19)22(28)24)12-15(13-25-4)23(30)27(6-2)7-3/h8,10-12,15,25-26H,5-7,9,13-14H2,1-4H3/b18-12-. The summed E-state index contributed by atoms with van der Waals surface area (Å²) in [6.45, 7) is 8.59. The van der Waals surface area contributed by atoms with Crippen LogP contribution in [0.2, 0.25) is 0 Å². The van der Waals surface area contributed by atoms with E-state index in [9.17, 15) is 9.59 Å². The molecule has 0 bridgehead atoms. The van der Waals surface area contributed by atoms with Crippen molar-refractivity contribution in [3.63, 3.8) is 0 Å². The highest BCUT2D eigenvalue weighted by atomic mass is 79.9. The van der Waals surface area contributed by atoms with Crippen molar-refractivity contribution in [1.82, 2.24) is 20.1 Å². The van der Waals surface area contributed by atoms with Gasteiger partial charge in [0, 0.05) is 54.8 Å². The molecule has 1 aromatic carbocycles. The maximum absolute atomic E-state index is 13.0. The molecule has 3 rings (SSSR count). The van der Waals surface area contributed by atoms with Gasteiger partial charge < -0.3 is 15.5 Å². The number of carbonyl (C=O) groups is 2. The molecule has 1 aromatic heterocycles. The summed E-state index contributed by atoms with van der Waals surface area (Å²) in [7, 11) is 1.87. The maximum atomic E-state index is 13.0. The van der Waals surface area contributed by atoms with Crippen molar-refractivity contribution in [2.75, 3.05) is 26.7 Å². The van der Waals surface area contributed by atoms with Crippen LogP contribution in [-0.4, -0.2) is 48.0 Å². The Morgan fingerprint density at radius 1 is 1.30 bits per heavy atom. The Kier molecular flexibility index (Phi) is 7.36. The number of nitrogens with zero attached hydrogens (tertiary/aromatic N) is 2. The van der Waals surface area contributed by atoms with Gasteiger partial charge in [-0.25, -0.2) is 0 Å². The molecule has 0 saturated heterocycles. The van der Waals surface area contributed by atoms with Crippen molar-refractivity contribution in [3.05, 3.63) is 40.0 Å². The zero-order valence-electron chi connectivity index (χ0n) is 18.2. The van der Waals surface area contributed by atoms with Gasteiger partial charge in [-0.3, -0.25) is 14.2 Å². The van der Waals surface area contributed by atoms with Gasteiger partial charge in [-0.05, 0) is 55.4 Å². The average Bonchev–Trinajstić information content (AvgIpc) is 3.03. The molecule has 0 fully saturated rings. The fourth-order valence-electron chi connectivity index (χ4n) is 4.18. The summed E-state index contributed by atoms with van der Waals surface area (Å²) in [6.07, 6.45) is 3.35. The van der Waals surface area contributed by atoms with Crippen LogP contribution in [-0.2, 0) is 11.3 Å². The Hall–Kier alpha value is -2.12. The van der Waals surface area contributed by atoms with E-state index in [1.165, 1.54) is 0 Å². The summed E-state index contributed by atoms with van der Waals surface area (Å²) in [5, 5.41) is 7.72. The molecule has 2 heterocycles. The van der Waals surface area contributed by atoms with E-state index in [2.05, 4.69) is 32.6 Å². The number of nitrogens with one attached hydrogen (secondary N) is 2. The minimum Gasteiger partial charge on any atom is -0.381 e. The third-order valence-electron chi connectivity index (χ3n) is 5.67. The van der Waals surface area contributed by atoms with Crippen LogP contribution in [0.25, 0.3) is 16.6 Å². The maximum Gasteiger partial charge on any atom is 0.231 e. The van der Waals surface area contributed by atoms with E-state index in [0.29, 0.717) is 32.6 Å². The van der Waals surface area contributed by atoms with Crippen LogP contribution in [0.15, 0.2) is 28.9 Å². The molecule has 1 amide bonds. The van der Waals surface area contributed by atoms with E-state index in [1.54, 1.807) is 4.57 Å². The van der Waals surface area contributed by atoms with Gasteiger partial charge >= 0.3 is 0 Å². The van der Waals surface area contributed by atoms with Gasteiger partial charge in [0.1, 0.15) is 0 Å². The first-order chi connectivity index (χ1) is 14.5. The molecule has 0 saturated carbocycles. The van der Waals surface area contributed by atoms with Crippen LogP contribution in [0.3, 0.4) is 0 Å². The smallest absolute Gasteiger partial charge is 0.231 e. The Morgan fingerprint density at radius 3 is 2.67 bits per heavy atom. The average molecular weight is 475 g/mol. The van der Waals surface area contributed by atoms with Gasteiger partial charge in [-0.15, -0.1) is 0 Å². The number of amides is 1. The van der Waals surface area contributed by atoms with Gasteiger partial charge in [0.15, 0.2) is 0 Å². The molecular formula is C23H31BrN4O2. The number of carbonyl (C=O) groups excluding carboxylic acids is 2. The fraction of sp³-hybridized carbons (Fsp3) is 0.478. The molecule has 1 unspecified atom stereocenters. The van der Waals surface area contributed by atoms with Crippen LogP contribution in [0.5, 0.6) is 0 Å². The highest BCUT2D eigenvalue weighted by Gasteiger charge is 2.27. The SMILES string of the molecule is CCCC(=O)n1c(Br)c2c3c(cccc31)/C(=C/C(CNC)C(=O)N(CC)CC)NC2. The summed E-state index contributed by atoms with van der Waals surface area (Å²) in [5.41, 5.74) is 3.98. The molecule has 2 aromatic rings. The molecule has 1 aliphatic heterocycles. The highest BCUT2D eigenvalue weighted by molar-refractivity contribution is 9.10. The zero-order valence-corrected chi connectivity index (χ0v) is 19.8. The van der Waals surface area contributed by atoms with E-state index >= 15 is 0 Å². The summed E-state index contributed by atoms with van der Waals surface area (Å²) in [5.74, 6) is -0.0464. The van der Waals surface area contributed by atoms with Crippen molar-refractivity contribution in [2.24, 2.45) is 5.92 Å². The Balaban J connectivity index is 2.10. The first-order valence-electron chi connectivity index (χ1n) is 10.7. The lowest BCUT2D eigenvalue weighted by Crippen LogP contribution is -2.39. The molecule has 2 N–H and O–H groups in total. The lowest BCUT2D eigenvalue weighted by molar-refractivity contribution is -0.133. The second-order valence-electron chi connectivity index (χ2n) is 7.56. The predicted octanol–water partition coefficient (Wildman–Crippen LogP) is 3.99. The number of benzene rings is 1. The molecule has 1 aliphatic rings. The Bertz CT molecular complexity index is 975. The van der Waals surface area contributed by atoms with Gasteiger partial charge in [0.2, 0.25) is 11.8 Å². The van der Waals surface area contributed by atoms with E-state index in [1.807, 2.05) is 50.9 Å². The highest BCUT2D eigenvalue weighted by Crippen LogP contribution is 2.38. The summed E-state index contributed by atoms with van der Waals surface area (Å²) in [4.78, 5) is 27.7. The lowest BCUT2D eigenvalue weighted by atomic mass is 9.96. The number of halogens is 1. The molecule has 6 nitrogen and oxygen atoms in total. The Morgan fingerprint density at radius 2 is 2.03 bits per heavy atom. The van der Waals surface area contributed by atoms with Crippen molar-refractivity contribution >= 4 is 44.3 Å². The lowest BCUT2D eigenvalue weighted by Gasteiger charge is -2.25. The largest absolute Gasteiger partial charge is 0.381 e. The van der Waals surface area contributed by atoms with Crippen LogP contribution in [0, 0.1) is 5.92 Å². The minimum atomic E-state index is -0.263. The van der Waals surface area contributed by atoms with E-state index in [-0.39, 0.29) is 17.7 Å². The quantitative estimate of drug-likeness (QED) is 0.606. The van der Waals surface area contributed by atoms with E-state index in [0.717, 1.165) is 38.8 Å². The van der Waals surface area contributed by atoms with Crippen molar-refractivity contribution in [2.45, 2.75) is 40.2 Å². The molecule has 30 heavy (non-hydrogen) atoms. The first kappa shape index (κ1) is 22.6. The van der Waals surface area contributed by atoms with Crippen molar-refractivity contribution < 1.29 is 9.59 Å². The fourth-order valence-corrected chi connectivity index (χ4v) is 4.91. The van der Waals surface area contributed by atoms with Crippen LogP contribution in [0.1, 0.15) is 49.5 Å². The van der Waals surface area contributed by atoms with Crippen molar-refractivity contribution in [1.29, 1.82) is 0 Å². The first-order valence-corrected chi connectivity index (χ1v) is 11.5. The van der Waals surface area contributed by atoms with Crippen LogP contribution in [0.4, 0.5) is 0 Å². The van der Waals surface area contributed by atoms with E-state index in [4.69, 9.17) is 0 Å². The van der Waals surface area contributed by atoms with Gasteiger partial charge in [0.05, 0.1) is 16.0 Å². The summed E-state index contributed by atoms with van der Waals surface area (Å²) >= 11 is 3.66. The second kappa shape index (κ2) is 9.79.